The summed E-state index contributed by atoms with van der Waals surface area (Å²) in [6.45, 7) is 2.36. The SMILES string of the molecule is CCOc1ccc(NC(=O)[C@H](Cc2ccc([N+](=O)[O-])cc2)N2C(=O)c3ccccc3C2=O)cc1. The second-order valence-corrected chi connectivity index (χ2v) is 7.62. The topological polar surface area (TPSA) is 119 Å². The number of amides is 3. The van der Waals surface area contributed by atoms with Gasteiger partial charge in [-0.3, -0.25) is 29.4 Å². The second-order valence-electron chi connectivity index (χ2n) is 7.62. The molecule has 9 heteroatoms. The highest BCUT2D eigenvalue weighted by Gasteiger charge is 2.42. The van der Waals surface area contributed by atoms with Crippen molar-refractivity contribution in [2.24, 2.45) is 0 Å². The van der Waals surface area contributed by atoms with E-state index in [4.69, 9.17) is 4.74 Å². The number of carbonyl (C=O) groups is 3. The van der Waals surface area contributed by atoms with Gasteiger partial charge in [0, 0.05) is 24.2 Å². The first-order valence-electron chi connectivity index (χ1n) is 10.6. The van der Waals surface area contributed by atoms with Crippen LogP contribution in [0, 0.1) is 10.1 Å². The average Bonchev–Trinajstić information content (AvgIpc) is 3.09. The number of nitrogens with zero attached hydrogens (tertiary/aromatic N) is 2. The maximum absolute atomic E-state index is 13.3. The highest BCUT2D eigenvalue weighted by Crippen LogP contribution is 2.27. The number of nitro benzene ring substituents is 1. The minimum Gasteiger partial charge on any atom is -0.494 e. The Kier molecular flexibility index (Phi) is 6.35. The summed E-state index contributed by atoms with van der Waals surface area (Å²) in [7, 11) is 0. The predicted molar refractivity (Wildman–Crippen MR) is 124 cm³/mol. The van der Waals surface area contributed by atoms with Gasteiger partial charge in [-0.1, -0.05) is 24.3 Å². The summed E-state index contributed by atoms with van der Waals surface area (Å²) in [5.41, 5.74) is 1.40. The molecule has 0 saturated carbocycles. The molecule has 172 valence electrons. The van der Waals surface area contributed by atoms with E-state index in [1.807, 2.05) is 6.92 Å². The van der Waals surface area contributed by atoms with Crippen LogP contribution < -0.4 is 10.1 Å². The molecular weight excluding hydrogens is 438 g/mol. The van der Waals surface area contributed by atoms with Crippen LogP contribution in [0.5, 0.6) is 5.75 Å². The van der Waals surface area contributed by atoms with Crippen molar-refractivity contribution in [1.82, 2.24) is 4.90 Å². The van der Waals surface area contributed by atoms with Gasteiger partial charge in [0.25, 0.3) is 17.5 Å². The van der Waals surface area contributed by atoms with Crippen LogP contribution in [0.15, 0.2) is 72.8 Å². The standard InChI is InChI=1S/C25H21N3O6/c1-2-34-19-13-9-17(10-14-19)26-23(29)22(15-16-7-11-18(12-8-16)28(32)33)27-24(30)20-5-3-4-6-21(20)25(27)31/h3-14,22H,2,15H2,1H3,(H,26,29)/t22-/m0/s1. The Morgan fingerprint density at radius 3 is 2.09 bits per heavy atom. The number of non-ortho nitro benzene ring substituents is 1. The van der Waals surface area contributed by atoms with E-state index < -0.39 is 28.7 Å². The molecule has 0 radical (unpaired) electrons. The van der Waals surface area contributed by atoms with Gasteiger partial charge in [0.05, 0.1) is 22.7 Å². The van der Waals surface area contributed by atoms with Crippen LogP contribution in [0.1, 0.15) is 33.2 Å². The molecule has 1 heterocycles. The van der Waals surface area contributed by atoms with E-state index in [1.165, 1.54) is 24.3 Å². The van der Waals surface area contributed by atoms with Crippen molar-refractivity contribution in [2.45, 2.75) is 19.4 Å². The number of imide groups is 1. The van der Waals surface area contributed by atoms with Crippen LogP contribution in [-0.4, -0.2) is 40.2 Å². The van der Waals surface area contributed by atoms with Gasteiger partial charge in [-0.2, -0.15) is 0 Å². The first-order chi connectivity index (χ1) is 16.4. The lowest BCUT2D eigenvalue weighted by Gasteiger charge is -2.25. The number of anilines is 1. The fourth-order valence-corrected chi connectivity index (χ4v) is 3.80. The van der Waals surface area contributed by atoms with Crippen molar-refractivity contribution in [3.05, 3.63) is 99.6 Å². The van der Waals surface area contributed by atoms with E-state index in [9.17, 15) is 24.5 Å². The summed E-state index contributed by atoms with van der Waals surface area (Å²) in [6.07, 6.45) is -0.00761. The van der Waals surface area contributed by atoms with Crippen LogP contribution in [-0.2, 0) is 11.2 Å². The second kappa shape index (κ2) is 9.53. The summed E-state index contributed by atoms with van der Waals surface area (Å²) in [6, 6.07) is 17.6. The quantitative estimate of drug-likeness (QED) is 0.311. The molecule has 3 amide bonds. The summed E-state index contributed by atoms with van der Waals surface area (Å²) in [4.78, 5) is 50.9. The van der Waals surface area contributed by atoms with E-state index in [0.29, 0.717) is 23.6 Å². The number of hydrogen-bond acceptors (Lipinski definition) is 6. The average molecular weight is 459 g/mol. The number of ether oxygens (including phenoxy) is 1. The van der Waals surface area contributed by atoms with Crippen molar-refractivity contribution in [2.75, 3.05) is 11.9 Å². The molecule has 1 aliphatic rings. The van der Waals surface area contributed by atoms with E-state index in [-0.39, 0.29) is 23.2 Å². The lowest BCUT2D eigenvalue weighted by Crippen LogP contribution is -2.48. The Morgan fingerprint density at radius 1 is 0.971 bits per heavy atom. The third-order valence-electron chi connectivity index (χ3n) is 5.45. The molecule has 0 saturated heterocycles. The van der Waals surface area contributed by atoms with Crippen molar-refractivity contribution >= 4 is 29.1 Å². The van der Waals surface area contributed by atoms with Gasteiger partial charge in [-0.25, -0.2) is 0 Å². The summed E-state index contributed by atoms with van der Waals surface area (Å²) in [5.74, 6) is -1.04. The normalized spacial score (nSPS) is 13.4. The Balaban J connectivity index is 1.63. The van der Waals surface area contributed by atoms with E-state index in [1.54, 1.807) is 48.5 Å². The zero-order valence-electron chi connectivity index (χ0n) is 18.3. The van der Waals surface area contributed by atoms with Gasteiger partial charge in [0.1, 0.15) is 11.8 Å². The van der Waals surface area contributed by atoms with Crippen LogP contribution in [0.4, 0.5) is 11.4 Å². The smallest absolute Gasteiger partial charge is 0.269 e. The third-order valence-corrected chi connectivity index (χ3v) is 5.45. The molecule has 4 rings (SSSR count). The Bertz CT molecular complexity index is 1220. The Labute approximate surface area is 195 Å². The summed E-state index contributed by atoms with van der Waals surface area (Å²) in [5, 5.41) is 13.7. The minimum absolute atomic E-state index is 0.00761. The molecular formula is C25H21N3O6. The summed E-state index contributed by atoms with van der Waals surface area (Å²) >= 11 is 0. The zero-order valence-corrected chi connectivity index (χ0v) is 18.3. The van der Waals surface area contributed by atoms with Crippen molar-refractivity contribution < 1.29 is 24.0 Å². The lowest BCUT2D eigenvalue weighted by molar-refractivity contribution is -0.384. The summed E-state index contributed by atoms with van der Waals surface area (Å²) < 4.78 is 5.41. The molecule has 1 N–H and O–H groups in total. The van der Waals surface area contributed by atoms with Crippen molar-refractivity contribution in [3.8, 4) is 5.75 Å². The van der Waals surface area contributed by atoms with Crippen molar-refractivity contribution in [1.29, 1.82) is 0 Å². The molecule has 9 nitrogen and oxygen atoms in total. The van der Waals surface area contributed by atoms with Gasteiger partial charge in [0.15, 0.2) is 0 Å². The van der Waals surface area contributed by atoms with Gasteiger partial charge < -0.3 is 10.1 Å². The number of benzene rings is 3. The molecule has 3 aromatic rings. The molecule has 0 unspecified atom stereocenters. The number of nitro groups is 1. The maximum atomic E-state index is 13.3. The maximum Gasteiger partial charge on any atom is 0.269 e. The first-order valence-corrected chi connectivity index (χ1v) is 10.6. The Hall–Kier alpha value is -4.53. The fraction of sp³-hybridized carbons (Fsp3) is 0.160. The predicted octanol–water partition coefficient (Wildman–Crippen LogP) is 3.84. The fourth-order valence-electron chi connectivity index (χ4n) is 3.80. The monoisotopic (exact) mass is 459 g/mol. The molecule has 0 bridgehead atoms. The number of carbonyl (C=O) groups excluding carboxylic acids is 3. The molecule has 0 aromatic heterocycles. The van der Waals surface area contributed by atoms with E-state index >= 15 is 0 Å². The highest BCUT2D eigenvalue weighted by atomic mass is 16.6. The molecule has 0 spiro atoms. The van der Waals surface area contributed by atoms with Gasteiger partial charge in [-0.05, 0) is 48.9 Å². The lowest BCUT2D eigenvalue weighted by atomic mass is 10.0. The minimum atomic E-state index is -1.17. The largest absolute Gasteiger partial charge is 0.494 e. The number of rotatable bonds is 8. The number of hydrogen-bond donors (Lipinski definition) is 1. The Morgan fingerprint density at radius 2 is 1.56 bits per heavy atom. The number of nitrogens with one attached hydrogen (secondary N) is 1. The molecule has 0 aliphatic carbocycles. The van der Waals surface area contributed by atoms with E-state index in [0.717, 1.165) is 4.90 Å². The molecule has 0 fully saturated rings. The number of fused-ring (bicyclic) bond motifs is 1. The molecule has 3 aromatic carbocycles. The van der Waals surface area contributed by atoms with Crippen LogP contribution in [0.2, 0.25) is 0 Å². The van der Waals surface area contributed by atoms with E-state index in [2.05, 4.69) is 5.32 Å². The molecule has 34 heavy (non-hydrogen) atoms. The van der Waals surface area contributed by atoms with Crippen LogP contribution in [0.25, 0.3) is 0 Å². The van der Waals surface area contributed by atoms with Gasteiger partial charge in [0.2, 0.25) is 5.91 Å². The van der Waals surface area contributed by atoms with Gasteiger partial charge >= 0.3 is 0 Å². The van der Waals surface area contributed by atoms with Gasteiger partial charge in [-0.15, -0.1) is 0 Å². The zero-order chi connectivity index (χ0) is 24.2. The highest BCUT2D eigenvalue weighted by molar-refractivity contribution is 6.23. The van der Waals surface area contributed by atoms with Crippen molar-refractivity contribution in [3.63, 3.8) is 0 Å². The molecule has 1 atom stereocenters. The third kappa shape index (κ3) is 4.49. The van der Waals surface area contributed by atoms with Crippen LogP contribution in [0.3, 0.4) is 0 Å². The van der Waals surface area contributed by atoms with Crippen LogP contribution >= 0.6 is 0 Å². The first kappa shape index (κ1) is 22.7. The molecule has 1 aliphatic heterocycles.